The number of nitro benzene ring substituents is 1. The van der Waals surface area contributed by atoms with Gasteiger partial charge in [-0.3, -0.25) is 24.6 Å². The highest BCUT2D eigenvalue weighted by Crippen LogP contribution is 2.35. The number of halogens is 2. The molecule has 0 saturated carbocycles. The van der Waals surface area contributed by atoms with Gasteiger partial charge < -0.3 is 4.74 Å². The van der Waals surface area contributed by atoms with Gasteiger partial charge in [0, 0.05) is 6.07 Å². The number of rotatable bonds is 5. The highest BCUT2D eigenvalue weighted by molar-refractivity contribution is 8.18. The fourth-order valence-electron chi connectivity index (χ4n) is 2.55. The molecular weight excluding hydrogens is 427 g/mol. The van der Waals surface area contributed by atoms with E-state index in [-0.39, 0.29) is 22.9 Å². The fourth-order valence-corrected chi connectivity index (χ4v) is 3.71. The van der Waals surface area contributed by atoms with E-state index < -0.39 is 16.1 Å². The van der Waals surface area contributed by atoms with E-state index in [0.717, 1.165) is 16.7 Å². The summed E-state index contributed by atoms with van der Waals surface area (Å²) in [5, 5.41) is 11.4. The first-order valence-electron chi connectivity index (χ1n) is 7.82. The summed E-state index contributed by atoms with van der Waals surface area (Å²) in [6.45, 7) is 0.0433. The Morgan fingerprint density at radius 3 is 2.57 bits per heavy atom. The number of nitrogens with zero attached hydrogens (tertiary/aromatic N) is 2. The molecule has 0 unspecified atom stereocenters. The molecule has 0 bridgehead atoms. The second kappa shape index (κ2) is 8.22. The molecular formula is C18H12Cl2N2O5S. The molecule has 0 N–H and O–H groups in total. The molecule has 28 heavy (non-hydrogen) atoms. The minimum absolute atomic E-state index is 0.0433. The van der Waals surface area contributed by atoms with Crippen LogP contribution in [-0.4, -0.2) is 28.1 Å². The van der Waals surface area contributed by atoms with Gasteiger partial charge in [-0.25, -0.2) is 0 Å². The molecule has 1 heterocycles. The first kappa shape index (κ1) is 20.2. The first-order chi connectivity index (χ1) is 13.3. The molecule has 2 aromatic carbocycles. The third-order valence-corrected chi connectivity index (χ3v) is 5.54. The number of ether oxygens (including phenoxy) is 1. The highest BCUT2D eigenvalue weighted by atomic mass is 35.5. The fraction of sp³-hybridized carbons (Fsp3) is 0.111. The van der Waals surface area contributed by atoms with Crippen molar-refractivity contribution in [3.63, 3.8) is 0 Å². The lowest BCUT2D eigenvalue weighted by molar-refractivity contribution is -0.385. The number of hydrogen-bond acceptors (Lipinski definition) is 6. The topological polar surface area (TPSA) is 89.8 Å². The van der Waals surface area contributed by atoms with Crippen molar-refractivity contribution in [2.45, 2.75) is 6.54 Å². The first-order valence-corrected chi connectivity index (χ1v) is 9.39. The second-order valence-electron chi connectivity index (χ2n) is 5.70. The van der Waals surface area contributed by atoms with Crippen LogP contribution in [-0.2, 0) is 11.3 Å². The Morgan fingerprint density at radius 1 is 1.18 bits per heavy atom. The van der Waals surface area contributed by atoms with Gasteiger partial charge in [-0.2, -0.15) is 0 Å². The van der Waals surface area contributed by atoms with Crippen molar-refractivity contribution >= 4 is 57.9 Å². The van der Waals surface area contributed by atoms with Crippen LogP contribution in [0.5, 0.6) is 5.75 Å². The maximum Gasteiger partial charge on any atom is 0.311 e. The zero-order valence-electron chi connectivity index (χ0n) is 14.3. The average molecular weight is 439 g/mol. The maximum absolute atomic E-state index is 12.6. The van der Waals surface area contributed by atoms with Gasteiger partial charge in [0.05, 0.1) is 33.5 Å². The predicted octanol–water partition coefficient (Wildman–Crippen LogP) is 5.15. The summed E-state index contributed by atoms with van der Waals surface area (Å²) >= 11 is 12.6. The van der Waals surface area contributed by atoms with Gasteiger partial charge in [-0.1, -0.05) is 35.3 Å². The Labute approximate surface area is 174 Å². The Bertz CT molecular complexity index is 1030. The highest BCUT2D eigenvalue weighted by Gasteiger charge is 2.35. The molecule has 2 aromatic rings. The third-order valence-electron chi connectivity index (χ3n) is 3.90. The van der Waals surface area contributed by atoms with Crippen molar-refractivity contribution in [2.75, 3.05) is 7.11 Å². The van der Waals surface area contributed by atoms with Crippen LogP contribution in [0.3, 0.4) is 0 Å². The number of carbonyl (C=O) groups is 2. The lowest BCUT2D eigenvalue weighted by Crippen LogP contribution is -2.27. The van der Waals surface area contributed by atoms with Crippen molar-refractivity contribution < 1.29 is 19.2 Å². The number of amides is 2. The lowest BCUT2D eigenvalue weighted by Gasteiger charge is -2.12. The number of benzene rings is 2. The van der Waals surface area contributed by atoms with Crippen LogP contribution < -0.4 is 4.74 Å². The maximum atomic E-state index is 12.6. The monoisotopic (exact) mass is 438 g/mol. The number of methoxy groups -OCH3 is 1. The van der Waals surface area contributed by atoms with Crippen LogP contribution in [0.1, 0.15) is 11.1 Å². The molecule has 0 spiro atoms. The van der Waals surface area contributed by atoms with Crippen molar-refractivity contribution in [1.29, 1.82) is 0 Å². The summed E-state index contributed by atoms with van der Waals surface area (Å²) in [5.74, 6) is -0.380. The van der Waals surface area contributed by atoms with Gasteiger partial charge >= 0.3 is 5.69 Å². The van der Waals surface area contributed by atoms with E-state index in [1.54, 1.807) is 24.3 Å². The van der Waals surface area contributed by atoms with Crippen LogP contribution in [0.15, 0.2) is 41.3 Å². The Balaban J connectivity index is 1.85. The molecule has 1 aliphatic rings. The van der Waals surface area contributed by atoms with E-state index in [1.165, 1.54) is 25.3 Å². The zero-order valence-corrected chi connectivity index (χ0v) is 16.7. The molecule has 0 aliphatic carbocycles. The summed E-state index contributed by atoms with van der Waals surface area (Å²) in [5.41, 5.74) is 0.830. The number of nitro groups is 1. The van der Waals surface area contributed by atoms with E-state index in [0.29, 0.717) is 21.2 Å². The molecule has 0 aromatic heterocycles. The summed E-state index contributed by atoms with van der Waals surface area (Å²) < 4.78 is 4.95. The molecule has 7 nitrogen and oxygen atoms in total. The lowest BCUT2D eigenvalue weighted by atomic mass is 10.1. The van der Waals surface area contributed by atoms with E-state index in [1.807, 2.05) is 0 Å². The smallest absolute Gasteiger partial charge is 0.311 e. The van der Waals surface area contributed by atoms with Gasteiger partial charge in [-0.15, -0.1) is 0 Å². The standard InChI is InChI=1S/C18H12Cl2N2O5S/c1-27-15-5-3-10(7-14(15)22(25)26)8-16-17(23)21(18(24)28-16)9-11-2-4-12(19)13(20)6-11/h2-8H,9H2,1H3/b16-8+. The van der Waals surface area contributed by atoms with Gasteiger partial charge in [0.1, 0.15) is 0 Å². The van der Waals surface area contributed by atoms with Crippen LogP contribution in [0, 0.1) is 10.1 Å². The summed E-state index contributed by atoms with van der Waals surface area (Å²) in [7, 11) is 1.33. The van der Waals surface area contributed by atoms with Crippen LogP contribution in [0.4, 0.5) is 10.5 Å². The van der Waals surface area contributed by atoms with Gasteiger partial charge in [-0.05, 0) is 47.2 Å². The quantitative estimate of drug-likeness (QED) is 0.364. The molecule has 1 aliphatic heterocycles. The number of imide groups is 1. The van der Waals surface area contributed by atoms with Crippen molar-refractivity contribution in [2.24, 2.45) is 0 Å². The third kappa shape index (κ3) is 4.14. The average Bonchev–Trinajstić information content (AvgIpc) is 2.92. The molecule has 0 atom stereocenters. The number of hydrogen-bond donors (Lipinski definition) is 0. The Kier molecular flexibility index (Phi) is 5.93. The number of carbonyl (C=O) groups excluding carboxylic acids is 2. The predicted molar refractivity (Wildman–Crippen MR) is 108 cm³/mol. The van der Waals surface area contributed by atoms with Crippen LogP contribution in [0.25, 0.3) is 6.08 Å². The van der Waals surface area contributed by atoms with E-state index in [2.05, 4.69) is 0 Å². The minimum atomic E-state index is -0.577. The molecule has 144 valence electrons. The number of thioether (sulfide) groups is 1. The van der Waals surface area contributed by atoms with Crippen molar-refractivity contribution in [1.82, 2.24) is 4.90 Å². The molecule has 3 rings (SSSR count). The summed E-state index contributed by atoms with van der Waals surface area (Å²) in [6, 6.07) is 9.14. The van der Waals surface area contributed by atoms with Gasteiger partial charge in [0.25, 0.3) is 11.1 Å². The van der Waals surface area contributed by atoms with Gasteiger partial charge in [0.15, 0.2) is 5.75 Å². The normalized spacial score (nSPS) is 15.4. The Hall–Kier alpha value is -2.55. The SMILES string of the molecule is COc1ccc(/C=C2/SC(=O)N(Cc3ccc(Cl)c(Cl)c3)C2=O)cc1[N+](=O)[O-]. The van der Waals surface area contributed by atoms with Crippen molar-refractivity contribution in [3.05, 3.63) is 72.6 Å². The van der Waals surface area contributed by atoms with Crippen LogP contribution in [0.2, 0.25) is 10.0 Å². The zero-order chi connectivity index (χ0) is 20.4. The summed E-state index contributed by atoms with van der Waals surface area (Å²) in [4.78, 5) is 36.7. The molecule has 1 fully saturated rings. The van der Waals surface area contributed by atoms with E-state index in [9.17, 15) is 19.7 Å². The second-order valence-corrected chi connectivity index (χ2v) is 7.51. The molecule has 0 radical (unpaired) electrons. The Morgan fingerprint density at radius 2 is 1.93 bits per heavy atom. The van der Waals surface area contributed by atoms with E-state index in [4.69, 9.17) is 27.9 Å². The molecule has 10 heteroatoms. The van der Waals surface area contributed by atoms with Gasteiger partial charge in [0.2, 0.25) is 0 Å². The van der Waals surface area contributed by atoms with E-state index >= 15 is 0 Å². The largest absolute Gasteiger partial charge is 0.490 e. The van der Waals surface area contributed by atoms with Crippen molar-refractivity contribution in [3.8, 4) is 5.75 Å². The van der Waals surface area contributed by atoms with Crippen LogP contribution >= 0.6 is 35.0 Å². The molecule has 2 amide bonds. The molecule has 1 saturated heterocycles. The minimum Gasteiger partial charge on any atom is -0.490 e. The summed E-state index contributed by atoms with van der Waals surface area (Å²) in [6.07, 6.45) is 1.44.